The Morgan fingerprint density at radius 3 is 1.96 bits per heavy atom. The Kier molecular flexibility index (Phi) is 6.61. The van der Waals surface area contributed by atoms with Crippen LogP contribution in [0.1, 0.15) is 69.9 Å². The van der Waals surface area contributed by atoms with Crippen molar-refractivity contribution in [3.8, 4) is 11.4 Å². The fraction of sp³-hybridized carbons (Fsp3) is 0.565. The highest BCUT2D eigenvalue weighted by atomic mass is 14.9. The predicted octanol–water partition coefficient (Wildman–Crippen LogP) is 6.25. The zero-order valence-corrected chi connectivity index (χ0v) is 15.9. The summed E-state index contributed by atoms with van der Waals surface area (Å²) in [6.45, 7) is 4.45. The van der Waals surface area contributed by atoms with Crippen molar-refractivity contribution in [3.63, 3.8) is 0 Å². The lowest BCUT2D eigenvalue weighted by atomic mass is 9.78. The van der Waals surface area contributed by atoms with Crippen molar-refractivity contribution in [3.05, 3.63) is 47.8 Å². The van der Waals surface area contributed by atoms with Gasteiger partial charge in [0.05, 0.1) is 0 Å². The second-order valence-electron chi connectivity index (χ2n) is 7.68. The zero-order chi connectivity index (χ0) is 17.5. The number of aromatic nitrogens is 2. The molecule has 0 spiro atoms. The highest BCUT2D eigenvalue weighted by Crippen LogP contribution is 2.33. The number of hydrogen-bond acceptors (Lipinski definition) is 2. The van der Waals surface area contributed by atoms with Crippen molar-refractivity contribution in [1.82, 2.24) is 9.97 Å². The Hall–Kier alpha value is -1.70. The highest BCUT2D eigenvalue weighted by Gasteiger charge is 2.20. The zero-order valence-electron chi connectivity index (χ0n) is 15.9. The summed E-state index contributed by atoms with van der Waals surface area (Å²) >= 11 is 0. The van der Waals surface area contributed by atoms with Crippen LogP contribution in [0, 0.1) is 11.8 Å². The van der Waals surface area contributed by atoms with Crippen molar-refractivity contribution in [1.29, 1.82) is 0 Å². The summed E-state index contributed by atoms with van der Waals surface area (Å²) in [5, 5.41) is 0. The second kappa shape index (κ2) is 9.12. The monoisotopic (exact) mass is 336 g/mol. The maximum Gasteiger partial charge on any atom is 0.159 e. The molecular weight excluding hydrogens is 304 g/mol. The minimum atomic E-state index is 0.831. The Morgan fingerprint density at radius 2 is 1.40 bits per heavy atom. The standard InChI is InChI=1S/C23H32N2/c1-3-5-19-6-8-20(9-7-19)10-11-21-12-14-22(15-13-21)23-24-16-18(4-2)17-25-23/h12-17,19-20H,3-11H2,1-2H3. The van der Waals surface area contributed by atoms with Gasteiger partial charge in [-0.15, -0.1) is 0 Å². The molecule has 0 amide bonds. The molecule has 1 saturated carbocycles. The van der Waals surface area contributed by atoms with Crippen molar-refractivity contribution >= 4 is 0 Å². The molecule has 1 aliphatic carbocycles. The Bertz CT molecular complexity index is 622. The summed E-state index contributed by atoms with van der Waals surface area (Å²) in [6, 6.07) is 8.87. The Morgan fingerprint density at radius 1 is 0.800 bits per heavy atom. The molecule has 2 heteroatoms. The SMILES string of the molecule is CCCC1CCC(CCc2ccc(-c3ncc(CC)cn3)cc2)CC1. The smallest absolute Gasteiger partial charge is 0.159 e. The van der Waals surface area contributed by atoms with Gasteiger partial charge in [-0.1, -0.05) is 76.6 Å². The molecule has 0 unspecified atom stereocenters. The quantitative estimate of drug-likeness (QED) is 0.597. The molecule has 0 N–H and O–H groups in total. The van der Waals surface area contributed by atoms with Crippen LogP contribution in [0.2, 0.25) is 0 Å². The lowest BCUT2D eigenvalue weighted by molar-refractivity contribution is 0.252. The van der Waals surface area contributed by atoms with E-state index < -0.39 is 0 Å². The van der Waals surface area contributed by atoms with Gasteiger partial charge in [0.1, 0.15) is 0 Å². The van der Waals surface area contributed by atoms with Crippen LogP contribution in [0.25, 0.3) is 11.4 Å². The van der Waals surface area contributed by atoms with Crippen LogP contribution < -0.4 is 0 Å². The van der Waals surface area contributed by atoms with Crippen LogP contribution >= 0.6 is 0 Å². The van der Waals surface area contributed by atoms with Gasteiger partial charge in [-0.05, 0) is 42.2 Å². The Balaban J connectivity index is 1.49. The third-order valence-corrected chi connectivity index (χ3v) is 5.83. The van der Waals surface area contributed by atoms with Gasteiger partial charge in [0, 0.05) is 18.0 Å². The van der Waals surface area contributed by atoms with E-state index in [-0.39, 0.29) is 0 Å². The normalized spacial score (nSPS) is 20.6. The van der Waals surface area contributed by atoms with E-state index in [1.807, 2.05) is 12.4 Å². The van der Waals surface area contributed by atoms with E-state index in [9.17, 15) is 0 Å². The maximum absolute atomic E-state index is 4.48. The van der Waals surface area contributed by atoms with Gasteiger partial charge in [-0.3, -0.25) is 0 Å². The molecule has 1 heterocycles. The number of nitrogens with zero attached hydrogens (tertiary/aromatic N) is 2. The van der Waals surface area contributed by atoms with Gasteiger partial charge in [0.2, 0.25) is 0 Å². The van der Waals surface area contributed by atoms with Gasteiger partial charge in [0.25, 0.3) is 0 Å². The summed E-state index contributed by atoms with van der Waals surface area (Å²) in [5.41, 5.74) is 3.75. The third-order valence-electron chi connectivity index (χ3n) is 5.83. The van der Waals surface area contributed by atoms with Gasteiger partial charge >= 0.3 is 0 Å². The van der Waals surface area contributed by atoms with Gasteiger partial charge in [-0.2, -0.15) is 0 Å². The van der Waals surface area contributed by atoms with E-state index in [0.29, 0.717) is 0 Å². The van der Waals surface area contributed by atoms with Crippen molar-refractivity contribution in [2.24, 2.45) is 11.8 Å². The molecule has 3 rings (SSSR count). The van der Waals surface area contributed by atoms with Crippen LogP contribution in [-0.4, -0.2) is 9.97 Å². The average Bonchev–Trinajstić information content (AvgIpc) is 2.68. The summed E-state index contributed by atoms with van der Waals surface area (Å²) in [6.07, 6.45) is 16.0. The van der Waals surface area contributed by atoms with Crippen molar-refractivity contribution in [2.75, 3.05) is 0 Å². The fourth-order valence-corrected chi connectivity index (χ4v) is 4.09. The molecule has 0 radical (unpaired) electrons. The average molecular weight is 337 g/mol. The summed E-state index contributed by atoms with van der Waals surface area (Å²) < 4.78 is 0. The van der Waals surface area contributed by atoms with Crippen molar-refractivity contribution in [2.45, 2.75) is 71.6 Å². The number of rotatable bonds is 7. The first-order valence-corrected chi connectivity index (χ1v) is 10.2. The van der Waals surface area contributed by atoms with Crippen LogP contribution in [0.4, 0.5) is 0 Å². The lowest BCUT2D eigenvalue weighted by Crippen LogP contribution is -2.15. The van der Waals surface area contributed by atoms with E-state index in [2.05, 4.69) is 48.1 Å². The minimum absolute atomic E-state index is 0.831. The summed E-state index contributed by atoms with van der Waals surface area (Å²) in [5.74, 6) is 2.79. The third kappa shape index (κ3) is 5.14. The second-order valence-corrected chi connectivity index (χ2v) is 7.68. The predicted molar refractivity (Wildman–Crippen MR) is 106 cm³/mol. The first-order valence-electron chi connectivity index (χ1n) is 10.2. The topological polar surface area (TPSA) is 25.8 Å². The molecule has 1 aromatic carbocycles. The van der Waals surface area contributed by atoms with Crippen LogP contribution in [-0.2, 0) is 12.8 Å². The molecule has 0 aliphatic heterocycles. The van der Waals surface area contributed by atoms with Gasteiger partial charge < -0.3 is 0 Å². The van der Waals surface area contributed by atoms with Crippen LogP contribution in [0.15, 0.2) is 36.7 Å². The molecule has 1 aliphatic rings. The molecule has 134 valence electrons. The molecule has 0 atom stereocenters. The van der Waals surface area contributed by atoms with Gasteiger partial charge in [0.15, 0.2) is 5.82 Å². The molecule has 0 bridgehead atoms. The number of hydrogen-bond donors (Lipinski definition) is 0. The summed E-state index contributed by atoms with van der Waals surface area (Å²) in [7, 11) is 0. The van der Waals surface area contributed by atoms with E-state index in [1.165, 1.54) is 62.5 Å². The number of benzene rings is 1. The first kappa shape index (κ1) is 18.1. The van der Waals surface area contributed by atoms with Gasteiger partial charge in [-0.25, -0.2) is 9.97 Å². The molecular formula is C23H32N2. The molecule has 2 nitrogen and oxygen atoms in total. The minimum Gasteiger partial charge on any atom is -0.236 e. The van der Waals surface area contributed by atoms with E-state index in [1.54, 1.807) is 0 Å². The molecule has 25 heavy (non-hydrogen) atoms. The fourth-order valence-electron chi connectivity index (χ4n) is 4.09. The molecule has 1 aromatic heterocycles. The van der Waals surface area contributed by atoms with E-state index in [4.69, 9.17) is 0 Å². The number of aryl methyl sites for hydroxylation is 2. The Labute approximate surface area is 153 Å². The molecule has 2 aromatic rings. The van der Waals surface area contributed by atoms with Crippen LogP contribution in [0.5, 0.6) is 0 Å². The van der Waals surface area contributed by atoms with Crippen molar-refractivity contribution < 1.29 is 0 Å². The molecule has 0 saturated heterocycles. The summed E-state index contributed by atoms with van der Waals surface area (Å²) in [4.78, 5) is 8.96. The molecule has 1 fully saturated rings. The maximum atomic E-state index is 4.48. The lowest BCUT2D eigenvalue weighted by Gasteiger charge is -2.28. The van der Waals surface area contributed by atoms with E-state index in [0.717, 1.165) is 29.6 Å². The van der Waals surface area contributed by atoms with Crippen LogP contribution in [0.3, 0.4) is 0 Å². The van der Waals surface area contributed by atoms with E-state index >= 15 is 0 Å². The largest absolute Gasteiger partial charge is 0.236 e. The first-order chi connectivity index (χ1) is 12.3. The highest BCUT2D eigenvalue weighted by molar-refractivity contribution is 5.55.